The summed E-state index contributed by atoms with van der Waals surface area (Å²) in [7, 11) is -0.926. The van der Waals surface area contributed by atoms with Gasteiger partial charge in [0, 0.05) is 11.8 Å². The van der Waals surface area contributed by atoms with Crippen molar-refractivity contribution in [2.45, 2.75) is 18.2 Å². The van der Waals surface area contributed by atoms with Crippen molar-refractivity contribution in [3.05, 3.63) is 52.6 Å². The van der Waals surface area contributed by atoms with Crippen molar-refractivity contribution in [1.82, 2.24) is 0 Å². The maximum Gasteiger partial charge on any atom is 0.248 e. The maximum atomic E-state index is 12.2. The zero-order chi connectivity index (χ0) is 20.9. The molecule has 3 N–H and O–H groups in total. The molecule has 0 saturated carbocycles. The van der Waals surface area contributed by atoms with E-state index in [0.717, 1.165) is 0 Å². The lowest BCUT2D eigenvalue weighted by Crippen LogP contribution is -2.15. The predicted molar refractivity (Wildman–Crippen MR) is 109 cm³/mol. The summed E-state index contributed by atoms with van der Waals surface area (Å²) in [4.78, 5) is 12.2. The number of benzene rings is 2. The first-order chi connectivity index (χ1) is 13.2. The SMILES string of the molecule is CCc1ccc(NC(=O)/C=C/c2cc(Cl)c(OC)c(OC)c2)cc1S(N)(=O)=O. The van der Waals surface area contributed by atoms with Gasteiger partial charge >= 0.3 is 0 Å². The first-order valence-corrected chi connectivity index (χ1v) is 10.2. The summed E-state index contributed by atoms with van der Waals surface area (Å²) in [6.07, 6.45) is 3.34. The smallest absolute Gasteiger partial charge is 0.248 e. The lowest BCUT2D eigenvalue weighted by Gasteiger charge is -2.10. The normalized spacial score (nSPS) is 11.5. The minimum atomic E-state index is -3.89. The van der Waals surface area contributed by atoms with E-state index in [9.17, 15) is 13.2 Å². The van der Waals surface area contributed by atoms with Crippen LogP contribution in [-0.4, -0.2) is 28.5 Å². The number of ether oxygens (including phenoxy) is 2. The highest BCUT2D eigenvalue weighted by Crippen LogP contribution is 2.36. The molecule has 2 aromatic rings. The number of methoxy groups -OCH3 is 2. The predicted octanol–water partition coefficient (Wildman–Crippen LogP) is 3.22. The van der Waals surface area contributed by atoms with Gasteiger partial charge in [-0.1, -0.05) is 24.6 Å². The van der Waals surface area contributed by atoms with Gasteiger partial charge in [-0.05, 0) is 47.9 Å². The number of aryl methyl sites for hydroxylation is 1. The summed E-state index contributed by atoms with van der Waals surface area (Å²) in [5, 5.41) is 8.19. The van der Waals surface area contributed by atoms with Crippen molar-refractivity contribution in [2.24, 2.45) is 5.14 Å². The molecule has 0 bridgehead atoms. The Morgan fingerprint density at radius 2 is 1.93 bits per heavy atom. The lowest BCUT2D eigenvalue weighted by molar-refractivity contribution is -0.111. The van der Waals surface area contributed by atoms with Gasteiger partial charge in [-0.3, -0.25) is 4.79 Å². The molecule has 28 heavy (non-hydrogen) atoms. The van der Waals surface area contributed by atoms with Crippen LogP contribution >= 0.6 is 11.6 Å². The van der Waals surface area contributed by atoms with E-state index < -0.39 is 15.9 Å². The molecule has 7 nitrogen and oxygen atoms in total. The van der Waals surface area contributed by atoms with E-state index in [1.807, 2.05) is 6.92 Å². The molecule has 0 unspecified atom stereocenters. The second-order valence-corrected chi connectivity index (χ2v) is 7.72. The van der Waals surface area contributed by atoms with Crippen LogP contribution in [0, 0.1) is 0 Å². The van der Waals surface area contributed by atoms with Crippen molar-refractivity contribution in [3.8, 4) is 11.5 Å². The number of hydrogen-bond acceptors (Lipinski definition) is 5. The molecule has 1 amide bonds. The van der Waals surface area contributed by atoms with Crippen LogP contribution in [0.3, 0.4) is 0 Å². The topological polar surface area (TPSA) is 108 Å². The second kappa shape index (κ2) is 9.09. The van der Waals surface area contributed by atoms with E-state index in [4.69, 9.17) is 26.2 Å². The zero-order valence-corrected chi connectivity index (χ0v) is 17.2. The number of nitrogens with one attached hydrogen (secondary N) is 1. The molecular formula is C19H21ClN2O5S. The highest BCUT2D eigenvalue weighted by Gasteiger charge is 2.14. The van der Waals surface area contributed by atoms with Crippen LogP contribution in [0.4, 0.5) is 5.69 Å². The van der Waals surface area contributed by atoms with Gasteiger partial charge in [0.05, 0.1) is 24.1 Å². The van der Waals surface area contributed by atoms with Crippen molar-refractivity contribution >= 4 is 39.3 Å². The average molecular weight is 425 g/mol. The molecule has 0 atom stereocenters. The van der Waals surface area contributed by atoms with Gasteiger partial charge in [-0.2, -0.15) is 0 Å². The molecule has 0 aliphatic carbocycles. The third kappa shape index (κ3) is 5.25. The Morgan fingerprint density at radius 3 is 2.50 bits per heavy atom. The van der Waals surface area contributed by atoms with Gasteiger partial charge in [-0.15, -0.1) is 0 Å². The standard InChI is InChI=1S/C19H21ClN2O5S/c1-4-13-6-7-14(11-17(13)28(21,24)25)22-18(23)8-5-12-9-15(20)19(27-3)16(10-12)26-2/h5-11H,4H2,1-3H3,(H,22,23)(H2,21,24,25)/b8-5+. The van der Waals surface area contributed by atoms with Gasteiger partial charge < -0.3 is 14.8 Å². The van der Waals surface area contributed by atoms with Crippen LogP contribution in [0.15, 0.2) is 41.3 Å². The monoisotopic (exact) mass is 424 g/mol. The van der Waals surface area contributed by atoms with E-state index in [0.29, 0.717) is 39.8 Å². The Hall–Kier alpha value is -2.55. The molecule has 2 aromatic carbocycles. The quantitative estimate of drug-likeness (QED) is 0.663. The molecule has 150 valence electrons. The lowest BCUT2D eigenvalue weighted by atomic mass is 10.1. The van der Waals surface area contributed by atoms with E-state index in [1.165, 1.54) is 26.4 Å². The first-order valence-electron chi connectivity index (χ1n) is 8.26. The van der Waals surface area contributed by atoms with Crippen LogP contribution < -0.4 is 19.9 Å². The Bertz CT molecular complexity index is 1020. The largest absolute Gasteiger partial charge is 0.493 e. The Labute approximate surface area is 169 Å². The summed E-state index contributed by atoms with van der Waals surface area (Å²) in [6.45, 7) is 1.82. The number of anilines is 1. The summed E-state index contributed by atoms with van der Waals surface area (Å²) in [5.74, 6) is 0.385. The molecule has 0 saturated heterocycles. The number of nitrogens with two attached hydrogens (primary N) is 1. The van der Waals surface area contributed by atoms with Crippen molar-refractivity contribution in [1.29, 1.82) is 0 Å². The second-order valence-electron chi connectivity index (χ2n) is 5.78. The number of carbonyl (C=O) groups is 1. The van der Waals surface area contributed by atoms with Crippen molar-refractivity contribution in [2.75, 3.05) is 19.5 Å². The molecule has 0 fully saturated rings. The summed E-state index contributed by atoms with van der Waals surface area (Å²) < 4.78 is 33.8. The number of sulfonamides is 1. The fourth-order valence-corrected chi connectivity index (χ4v) is 3.74. The minimum Gasteiger partial charge on any atom is -0.493 e. The van der Waals surface area contributed by atoms with Crippen LogP contribution in [0.5, 0.6) is 11.5 Å². The van der Waals surface area contributed by atoms with Crippen molar-refractivity contribution in [3.63, 3.8) is 0 Å². The maximum absolute atomic E-state index is 12.2. The highest BCUT2D eigenvalue weighted by atomic mass is 35.5. The minimum absolute atomic E-state index is 0.0107. The Kier molecular flexibility index (Phi) is 7.06. The fourth-order valence-electron chi connectivity index (χ4n) is 2.58. The van der Waals surface area contributed by atoms with Gasteiger partial charge in [0.25, 0.3) is 0 Å². The van der Waals surface area contributed by atoms with Gasteiger partial charge in [0.2, 0.25) is 15.9 Å². The molecule has 0 aliphatic heterocycles. The fraction of sp³-hybridized carbons (Fsp3) is 0.211. The molecule has 0 radical (unpaired) electrons. The van der Waals surface area contributed by atoms with E-state index >= 15 is 0 Å². The van der Waals surface area contributed by atoms with E-state index in [1.54, 1.807) is 30.3 Å². The molecule has 0 aliphatic rings. The molecule has 0 heterocycles. The number of halogens is 1. The van der Waals surface area contributed by atoms with Crippen LogP contribution in [0.1, 0.15) is 18.1 Å². The molecule has 0 aromatic heterocycles. The van der Waals surface area contributed by atoms with Crippen LogP contribution in [-0.2, 0) is 21.2 Å². The van der Waals surface area contributed by atoms with Gasteiger partial charge in [-0.25, -0.2) is 13.6 Å². The Balaban J connectivity index is 2.22. The molecule has 9 heteroatoms. The van der Waals surface area contributed by atoms with Gasteiger partial charge in [0.15, 0.2) is 11.5 Å². The zero-order valence-electron chi connectivity index (χ0n) is 15.7. The van der Waals surface area contributed by atoms with E-state index in [-0.39, 0.29) is 4.90 Å². The summed E-state index contributed by atoms with van der Waals surface area (Å²) >= 11 is 6.14. The molecule has 0 spiro atoms. The third-order valence-electron chi connectivity index (χ3n) is 3.91. The van der Waals surface area contributed by atoms with Crippen LogP contribution in [0.25, 0.3) is 6.08 Å². The number of hydrogen-bond donors (Lipinski definition) is 2. The number of amides is 1. The van der Waals surface area contributed by atoms with Crippen molar-refractivity contribution < 1.29 is 22.7 Å². The number of primary sulfonamides is 1. The number of carbonyl (C=O) groups excluding carboxylic acids is 1. The highest BCUT2D eigenvalue weighted by molar-refractivity contribution is 7.89. The van der Waals surface area contributed by atoms with Crippen LogP contribution in [0.2, 0.25) is 5.02 Å². The average Bonchev–Trinajstić information content (AvgIpc) is 2.65. The molecular weight excluding hydrogens is 404 g/mol. The van der Waals surface area contributed by atoms with Gasteiger partial charge in [0.1, 0.15) is 0 Å². The Morgan fingerprint density at radius 1 is 1.21 bits per heavy atom. The third-order valence-corrected chi connectivity index (χ3v) is 5.18. The first kappa shape index (κ1) is 21.7. The van der Waals surface area contributed by atoms with E-state index in [2.05, 4.69) is 5.32 Å². The summed E-state index contributed by atoms with van der Waals surface area (Å²) in [5.41, 5.74) is 1.53. The summed E-state index contributed by atoms with van der Waals surface area (Å²) in [6, 6.07) is 7.87. The molecule has 2 rings (SSSR count). The number of rotatable bonds is 7.